The lowest BCUT2D eigenvalue weighted by Crippen LogP contribution is -2.12. The highest BCUT2D eigenvalue weighted by atomic mass is 35.5. The number of nitrogens with one attached hydrogen (secondary N) is 1. The predicted octanol–water partition coefficient (Wildman–Crippen LogP) is 5.89. The number of hydrogen-bond donors (Lipinski definition) is 1. The number of rotatable bonds is 5. The van der Waals surface area contributed by atoms with Crippen molar-refractivity contribution in [3.8, 4) is 5.13 Å². The van der Waals surface area contributed by atoms with Crippen LogP contribution in [0.5, 0.6) is 0 Å². The molecule has 31 heavy (non-hydrogen) atoms. The Morgan fingerprint density at radius 3 is 2.55 bits per heavy atom. The number of anilines is 1. The number of carbonyl (C=O) groups excluding carboxylic acids is 1. The second kappa shape index (κ2) is 8.61. The van der Waals surface area contributed by atoms with E-state index in [9.17, 15) is 9.18 Å². The summed E-state index contributed by atoms with van der Waals surface area (Å²) in [6, 6.07) is 13.8. The van der Waals surface area contributed by atoms with Crippen molar-refractivity contribution in [2.24, 2.45) is 0 Å². The van der Waals surface area contributed by atoms with Gasteiger partial charge in [0.15, 0.2) is 0 Å². The summed E-state index contributed by atoms with van der Waals surface area (Å²) in [7, 11) is 0. The summed E-state index contributed by atoms with van der Waals surface area (Å²) in [5, 5.41) is 8.56. The first-order valence-corrected chi connectivity index (χ1v) is 10.9. The number of benzene rings is 2. The van der Waals surface area contributed by atoms with Crippen LogP contribution < -0.4 is 5.32 Å². The molecule has 2 heterocycles. The van der Waals surface area contributed by atoms with Gasteiger partial charge in [-0.25, -0.2) is 14.1 Å². The van der Waals surface area contributed by atoms with Gasteiger partial charge in [-0.3, -0.25) is 4.79 Å². The van der Waals surface area contributed by atoms with Gasteiger partial charge in [-0.1, -0.05) is 53.3 Å². The molecule has 1 N–H and O–H groups in total. The molecule has 0 radical (unpaired) electrons. The molecule has 4 rings (SSSR count). The van der Waals surface area contributed by atoms with Crippen molar-refractivity contribution in [2.75, 3.05) is 5.32 Å². The van der Waals surface area contributed by atoms with Crippen molar-refractivity contribution in [1.82, 2.24) is 14.8 Å². The second-order valence-electron chi connectivity index (χ2n) is 7.17. The predicted molar refractivity (Wildman–Crippen MR) is 122 cm³/mol. The SMILES string of the molecule is Cc1nc(-n2nc(C)c(Cc3ccccc3Cl)c2C)sc1C(=O)Nc1ccccc1F. The molecular formula is C23H20ClFN4OS. The number of amides is 1. The zero-order chi connectivity index (χ0) is 22.1. The molecule has 1 amide bonds. The average Bonchev–Trinajstić information content (AvgIpc) is 3.26. The van der Waals surface area contributed by atoms with Gasteiger partial charge < -0.3 is 5.32 Å². The Labute approximate surface area is 188 Å². The van der Waals surface area contributed by atoms with E-state index in [1.165, 1.54) is 23.5 Å². The van der Waals surface area contributed by atoms with E-state index >= 15 is 0 Å². The Hall–Kier alpha value is -3.03. The first kappa shape index (κ1) is 21.2. The van der Waals surface area contributed by atoms with Gasteiger partial charge in [0.1, 0.15) is 10.7 Å². The van der Waals surface area contributed by atoms with Gasteiger partial charge in [-0.2, -0.15) is 5.10 Å². The molecule has 2 aromatic carbocycles. The molecule has 0 fully saturated rings. The molecule has 0 saturated carbocycles. The van der Waals surface area contributed by atoms with Crippen molar-refractivity contribution in [2.45, 2.75) is 27.2 Å². The standard InChI is InChI=1S/C23H20ClFN4OS/c1-13-17(12-16-8-4-5-9-18(16)24)15(3)29(28-13)23-26-14(2)21(31-23)22(30)27-20-11-7-6-10-19(20)25/h4-11H,12H2,1-3H3,(H,27,30). The van der Waals surface area contributed by atoms with E-state index in [4.69, 9.17) is 11.6 Å². The fourth-order valence-electron chi connectivity index (χ4n) is 3.37. The van der Waals surface area contributed by atoms with Crippen molar-refractivity contribution in [3.63, 3.8) is 0 Å². The number of aromatic nitrogens is 3. The lowest BCUT2D eigenvalue weighted by molar-refractivity contribution is 0.102. The smallest absolute Gasteiger partial charge is 0.267 e. The Morgan fingerprint density at radius 1 is 1.10 bits per heavy atom. The fraction of sp³-hybridized carbons (Fsp3) is 0.174. The van der Waals surface area contributed by atoms with Crippen LogP contribution in [0.15, 0.2) is 48.5 Å². The monoisotopic (exact) mass is 454 g/mol. The maximum Gasteiger partial charge on any atom is 0.267 e. The molecule has 5 nitrogen and oxygen atoms in total. The van der Waals surface area contributed by atoms with E-state index in [-0.39, 0.29) is 5.69 Å². The number of hydrogen-bond acceptors (Lipinski definition) is 4. The molecule has 0 aliphatic heterocycles. The maximum atomic E-state index is 13.9. The molecule has 4 aromatic rings. The Morgan fingerprint density at radius 2 is 1.81 bits per heavy atom. The molecule has 0 aliphatic rings. The van der Waals surface area contributed by atoms with E-state index in [2.05, 4.69) is 15.4 Å². The quantitative estimate of drug-likeness (QED) is 0.409. The lowest BCUT2D eigenvalue weighted by Gasteiger charge is -2.05. The van der Waals surface area contributed by atoms with Crippen LogP contribution in [0.4, 0.5) is 10.1 Å². The third-order valence-electron chi connectivity index (χ3n) is 5.06. The summed E-state index contributed by atoms with van der Waals surface area (Å²) in [6.45, 7) is 5.68. The third kappa shape index (κ3) is 4.24. The molecule has 2 aromatic heterocycles. The van der Waals surface area contributed by atoms with Crippen LogP contribution in [0.2, 0.25) is 5.02 Å². The Balaban J connectivity index is 1.63. The van der Waals surface area contributed by atoms with Crippen LogP contribution >= 0.6 is 22.9 Å². The summed E-state index contributed by atoms with van der Waals surface area (Å²) in [5.41, 5.74) is 4.60. The van der Waals surface area contributed by atoms with Gasteiger partial charge in [-0.05, 0) is 44.5 Å². The van der Waals surface area contributed by atoms with Crippen molar-refractivity contribution < 1.29 is 9.18 Å². The first-order valence-electron chi connectivity index (χ1n) is 9.67. The minimum absolute atomic E-state index is 0.134. The van der Waals surface area contributed by atoms with Gasteiger partial charge in [0, 0.05) is 22.7 Å². The van der Waals surface area contributed by atoms with Crippen LogP contribution in [0.25, 0.3) is 5.13 Å². The van der Waals surface area contributed by atoms with Crippen molar-refractivity contribution in [1.29, 1.82) is 0 Å². The van der Waals surface area contributed by atoms with E-state index in [0.29, 0.717) is 27.1 Å². The zero-order valence-electron chi connectivity index (χ0n) is 17.2. The maximum absolute atomic E-state index is 13.9. The lowest BCUT2D eigenvalue weighted by atomic mass is 10.0. The molecule has 0 bridgehead atoms. The van der Waals surface area contributed by atoms with Crippen LogP contribution in [-0.2, 0) is 6.42 Å². The molecular weight excluding hydrogens is 435 g/mol. The summed E-state index contributed by atoms with van der Waals surface area (Å²) >= 11 is 7.55. The fourth-order valence-corrected chi connectivity index (χ4v) is 4.54. The Kier molecular flexibility index (Phi) is 5.89. The average molecular weight is 455 g/mol. The molecule has 0 spiro atoms. The van der Waals surface area contributed by atoms with Gasteiger partial charge in [0.05, 0.1) is 17.1 Å². The number of para-hydroxylation sites is 1. The number of thiazole rings is 1. The van der Waals surface area contributed by atoms with Gasteiger partial charge in [0.2, 0.25) is 5.13 Å². The molecule has 8 heteroatoms. The first-order chi connectivity index (χ1) is 14.8. The Bertz CT molecular complexity index is 1280. The van der Waals surface area contributed by atoms with Crippen LogP contribution in [-0.4, -0.2) is 20.7 Å². The van der Waals surface area contributed by atoms with E-state index < -0.39 is 11.7 Å². The zero-order valence-corrected chi connectivity index (χ0v) is 18.8. The number of nitrogens with zero attached hydrogens (tertiary/aromatic N) is 3. The highest BCUT2D eigenvalue weighted by Crippen LogP contribution is 2.28. The highest BCUT2D eigenvalue weighted by Gasteiger charge is 2.21. The topological polar surface area (TPSA) is 59.8 Å². The minimum atomic E-state index is -0.485. The molecule has 158 valence electrons. The van der Waals surface area contributed by atoms with Gasteiger partial charge in [-0.15, -0.1) is 0 Å². The summed E-state index contributed by atoms with van der Waals surface area (Å²) in [5.74, 6) is -0.884. The molecule has 0 aliphatic carbocycles. The third-order valence-corrected chi connectivity index (χ3v) is 6.56. The minimum Gasteiger partial charge on any atom is -0.319 e. The number of aryl methyl sites for hydroxylation is 2. The largest absolute Gasteiger partial charge is 0.319 e. The summed E-state index contributed by atoms with van der Waals surface area (Å²) in [6.07, 6.45) is 0.655. The van der Waals surface area contributed by atoms with Gasteiger partial charge >= 0.3 is 0 Å². The number of halogens is 2. The van der Waals surface area contributed by atoms with Crippen molar-refractivity contribution in [3.05, 3.63) is 92.5 Å². The van der Waals surface area contributed by atoms with Gasteiger partial charge in [0.25, 0.3) is 5.91 Å². The van der Waals surface area contributed by atoms with E-state index in [1.807, 2.05) is 38.1 Å². The van der Waals surface area contributed by atoms with Crippen molar-refractivity contribution >= 4 is 34.5 Å². The second-order valence-corrected chi connectivity index (χ2v) is 8.56. The summed E-state index contributed by atoms with van der Waals surface area (Å²) < 4.78 is 15.6. The van der Waals surface area contributed by atoms with E-state index in [1.54, 1.807) is 23.7 Å². The van der Waals surface area contributed by atoms with Crippen LogP contribution in [0.3, 0.4) is 0 Å². The summed E-state index contributed by atoms with van der Waals surface area (Å²) in [4.78, 5) is 17.7. The van der Waals surface area contributed by atoms with E-state index in [0.717, 1.165) is 22.5 Å². The normalized spacial score (nSPS) is 11.0. The highest BCUT2D eigenvalue weighted by molar-refractivity contribution is 7.16. The molecule has 0 atom stereocenters. The number of carbonyl (C=O) groups is 1. The molecule has 0 unspecified atom stereocenters. The van der Waals surface area contributed by atoms with Crippen LogP contribution in [0.1, 0.15) is 37.9 Å². The molecule has 0 saturated heterocycles. The van der Waals surface area contributed by atoms with Crippen LogP contribution in [0, 0.1) is 26.6 Å².